The van der Waals surface area contributed by atoms with Crippen molar-refractivity contribution in [3.63, 3.8) is 0 Å². The molecule has 1 aromatic rings. The molecule has 7 heteroatoms. The summed E-state index contributed by atoms with van der Waals surface area (Å²) >= 11 is 1.94. The molecule has 1 aliphatic rings. The SMILES string of the molecule is NNC(CC1CCSCC1)c1cccc(OC(F)(F)F)c1. The number of rotatable bonds is 5. The lowest BCUT2D eigenvalue weighted by atomic mass is 9.91. The van der Waals surface area contributed by atoms with E-state index in [2.05, 4.69) is 10.2 Å². The highest BCUT2D eigenvalue weighted by atomic mass is 32.2. The molecular weight excluding hydrogens is 301 g/mol. The number of benzene rings is 1. The van der Waals surface area contributed by atoms with Crippen molar-refractivity contribution in [1.82, 2.24) is 5.43 Å². The van der Waals surface area contributed by atoms with Crippen molar-refractivity contribution in [3.05, 3.63) is 29.8 Å². The zero-order valence-corrected chi connectivity index (χ0v) is 12.3. The first kappa shape index (κ1) is 16.5. The molecule has 0 bridgehead atoms. The molecule has 1 atom stereocenters. The standard InChI is InChI=1S/C14H19F3N2OS/c15-14(16,17)20-12-3-1-2-11(9-12)13(19-18)8-10-4-6-21-7-5-10/h1-3,9-10,13,19H,4-8,18H2. The summed E-state index contributed by atoms with van der Waals surface area (Å²) in [7, 11) is 0. The Morgan fingerprint density at radius 1 is 1.33 bits per heavy atom. The molecule has 0 aromatic heterocycles. The van der Waals surface area contributed by atoms with Crippen LogP contribution in [0.15, 0.2) is 24.3 Å². The molecule has 1 unspecified atom stereocenters. The van der Waals surface area contributed by atoms with Gasteiger partial charge in [0.05, 0.1) is 0 Å². The number of ether oxygens (including phenoxy) is 1. The molecule has 1 aliphatic heterocycles. The van der Waals surface area contributed by atoms with Gasteiger partial charge in [0.25, 0.3) is 0 Å². The Kier molecular flexibility index (Phi) is 5.78. The summed E-state index contributed by atoms with van der Waals surface area (Å²) in [6.45, 7) is 0. The molecule has 3 nitrogen and oxygen atoms in total. The van der Waals surface area contributed by atoms with Crippen molar-refractivity contribution >= 4 is 11.8 Å². The largest absolute Gasteiger partial charge is 0.573 e. The first-order chi connectivity index (χ1) is 9.98. The molecule has 0 amide bonds. The van der Waals surface area contributed by atoms with Crippen LogP contribution in [-0.4, -0.2) is 17.9 Å². The predicted molar refractivity (Wildman–Crippen MR) is 77.9 cm³/mol. The van der Waals surface area contributed by atoms with Crippen LogP contribution < -0.4 is 16.0 Å². The van der Waals surface area contributed by atoms with E-state index in [0.29, 0.717) is 5.92 Å². The predicted octanol–water partition coefficient (Wildman–Crippen LogP) is 3.62. The maximum absolute atomic E-state index is 12.3. The minimum Gasteiger partial charge on any atom is -0.406 e. The third-order valence-electron chi connectivity index (χ3n) is 3.61. The molecule has 0 radical (unpaired) electrons. The molecule has 1 fully saturated rings. The van der Waals surface area contributed by atoms with Crippen molar-refractivity contribution in [3.8, 4) is 5.75 Å². The van der Waals surface area contributed by atoms with Gasteiger partial charge in [-0.3, -0.25) is 11.3 Å². The fourth-order valence-electron chi connectivity index (χ4n) is 2.54. The van der Waals surface area contributed by atoms with Crippen LogP contribution in [-0.2, 0) is 0 Å². The summed E-state index contributed by atoms with van der Waals surface area (Å²) in [6.07, 6.45) is -1.60. The fraction of sp³-hybridized carbons (Fsp3) is 0.571. The average Bonchev–Trinajstić information content (AvgIpc) is 2.44. The first-order valence-corrected chi connectivity index (χ1v) is 8.03. The van der Waals surface area contributed by atoms with E-state index >= 15 is 0 Å². The van der Waals surface area contributed by atoms with Gasteiger partial charge in [0, 0.05) is 6.04 Å². The van der Waals surface area contributed by atoms with E-state index in [4.69, 9.17) is 5.84 Å². The van der Waals surface area contributed by atoms with Crippen LogP contribution in [0.1, 0.15) is 30.9 Å². The van der Waals surface area contributed by atoms with Crippen LogP contribution in [0.3, 0.4) is 0 Å². The molecule has 0 aliphatic carbocycles. The average molecular weight is 320 g/mol. The molecule has 1 saturated heterocycles. The number of alkyl halides is 3. The van der Waals surface area contributed by atoms with Gasteiger partial charge in [-0.25, -0.2) is 0 Å². The number of nitrogens with one attached hydrogen (secondary N) is 1. The minimum absolute atomic E-state index is 0.158. The molecule has 3 N–H and O–H groups in total. The lowest BCUT2D eigenvalue weighted by Crippen LogP contribution is -2.30. The zero-order chi connectivity index (χ0) is 15.3. The van der Waals surface area contributed by atoms with Crippen molar-refractivity contribution < 1.29 is 17.9 Å². The molecule has 1 aromatic carbocycles. The zero-order valence-electron chi connectivity index (χ0n) is 11.5. The van der Waals surface area contributed by atoms with E-state index in [9.17, 15) is 13.2 Å². The number of hydrazine groups is 1. The van der Waals surface area contributed by atoms with Gasteiger partial charge in [0.1, 0.15) is 5.75 Å². The number of hydrogen-bond acceptors (Lipinski definition) is 4. The van der Waals surface area contributed by atoms with E-state index in [0.717, 1.165) is 36.3 Å². The Hall–Kier alpha value is -0.920. The minimum atomic E-state index is -4.68. The van der Waals surface area contributed by atoms with Crippen LogP contribution in [0.25, 0.3) is 0 Å². The number of thioether (sulfide) groups is 1. The Labute approximate surface area is 126 Å². The van der Waals surface area contributed by atoms with Gasteiger partial charge >= 0.3 is 6.36 Å². The maximum atomic E-state index is 12.3. The lowest BCUT2D eigenvalue weighted by Gasteiger charge is -2.26. The molecule has 1 heterocycles. The Bertz CT molecular complexity index is 450. The first-order valence-electron chi connectivity index (χ1n) is 6.87. The van der Waals surface area contributed by atoms with Crippen LogP contribution in [0.4, 0.5) is 13.2 Å². The Morgan fingerprint density at radius 3 is 2.67 bits per heavy atom. The topological polar surface area (TPSA) is 47.3 Å². The lowest BCUT2D eigenvalue weighted by molar-refractivity contribution is -0.274. The highest BCUT2D eigenvalue weighted by molar-refractivity contribution is 7.99. The maximum Gasteiger partial charge on any atom is 0.573 e. The van der Waals surface area contributed by atoms with Crippen molar-refractivity contribution in [2.24, 2.45) is 11.8 Å². The van der Waals surface area contributed by atoms with E-state index in [-0.39, 0.29) is 11.8 Å². The quantitative estimate of drug-likeness (QED) is 0.642. The molecule has 118 valence electrons. The second kappa shape index (κ2) is 7.38. The highest BCUT2D eigenvalue weighted by Crippen LogP contribution is 2.32. The fourth-order valence-corrected chi connectivity index (χ4v) is 3.75. The van der Waals surface area contributed by atoms with Gasteiger partial charge in [0.2, 0.25) is 0 Å². The summed E-state index contributed by atoms with van der Waals surface area (Å²) in [6, 6.07) is 5.86. The molecule has 0 spiro atoms. The highest BCUT2D eigenvalue weighted by Gasteiger charge is 2.31. The van der Waals surface area contributed by atoms with Crippen LogP contribution in [0.2, 0.25) is 0 Å². The number of halogens is 3. The molecule has 2 rings (SSSR count). The van der Waals surface area contributed by atoms with E-state index in [1.807, 2.05) is 11.8 Å². The Balaban J connectivity index is 2.04. The van der Waals surface area contributed by atoms with Gasteiger partial charge < -0.3 is 4.74 Å². The summed E-state index contributed by atoms with van der Waals surface area (Å²) < 4.78 is 40.7. The van der Waals surface area contributed by atoms with Gasteiger partial charge in [-0.1, -0.05) is 12.1 Å². The summed E-state index contributed by atoms with van der Waals surface area (Å²) in [5.74, 6) is 8.20. The normalized spacial score (nSPS) is 18.5. The second-order valence-corrected chi connectivity index (χ2v) is 6.36. The van der Waals surface area contributed by atoms with Crippen molar-refractivity contribution in [1.29, 1.82) is 0 Å². The van der Waals surface area contributed by atoms with E-state index < -0.39 is 6.36 Å². The van der Waals surface area contributed by atoms with Gasteiger partial charge in [-0.2, -0.15) is 11.8 Å². The Morgan fingerprint density at radius 2 is 2.05 bits per heavy atom. The smallest absolute Gasteiger partial charge is 0.406 e. The van der Waals surface area contributed by atoms with E-state index in [1.54, 1.807) is 12.1 Å². The summed E-state index contributed by atoms with van der Waals surface area (Å²) in [5, 5.41) is 0. The molecule has 21 heavy (non-hydrogen) atoms. The third-order valence-corrected chi connectivity index (χ3v) is 4.65. The van der Waals surface area contributed by atoms with Crippen LogP contribution >= 0.6 is 11.8 Å². The van der Waals surface area contributed by atoms with Crippen molar-refractivity contribution in [2.75, 3.05) is 11.5 Å². The third kappa shape index (κ3) is 5.41. The van der Waals surface area contributed by atoms with Crippen molar-refractivity contribution in [2.45, 2.75) is 31.7 Å². The van der Waals surface area contributed by atoms with E-state index in [1.165, 1.54) is 12.1 Å². The van der Waals surface area contributed by atoms with Gasteiger partial charge in [-0.15, -0.1) is 13.2 Å². The summed E-state index contributed by atoms with van der Waals surface area (Å²) in [5.41, 5.74) is 3.43. The van der Waals surface area contributed by atoms with Gasteiger partial charge in [0.15, 0.2) is 0 Å². The number of hydrogen-bond donors (Lipinski definition) is 2. The van der Waals surface area contributed by atoms with Gasteiger partial charge in [-0.05, 0) is 54.4 Å². The van der Waals surface area contributed by atoms with Crippen LogP contribution in [0.5, 0.6) is 5.75 Å². The number of nitrogens with two attached hydrogens (primary N) is 1. The molecule has 0 saturated carbocycles. The second-order valence-electron chi connectivity index (χ2n) is 5.13. The molecular formula is C14H19F3N2OS. The summed E-state index contributed by atoms with van der Waals surface area (Å²) in [4.78, 5) is 0. The monoisotopic (exact) mass is 320 g/mol. The van der Waals surface area contributed by atoms with Crippen LogP contribution in [0, 0.1) is 5.92 Å².